The molecule has 34 heavy (non-hydrogen) atoms. The fraction of sp³-hybridized carbons (Fsp3) is 0.542. The largest absolute Gasteiger partial charge is 0.351 e. The molecule has 4 N–H and O–H groups in total. The van der Waals surface area contributed by atoms with Crippen molar-refractivity contribution in [2.45, 2.75) is 63.5 Å². The van der Waals surface area contributed by atoms with Crippen LogP contribution in [0.15, 0.2) is 24.8 Å². The normalized spacial score (nSPS) is 24.2. The Morgan fingerprint density at radius 2 is 2.06 bits per heavy atom. The maximum absolute atomic E-state index is 12.3. The van der Waals surface area contributed by atoms with Gasteiger partial charge in [-0.25, -0.2) is 9.97 Å². The van der Waals surface area contributed by atoms with Gasteiger partial charge in [0.15, 0.2) is 5.78 Å². The number of nitrogens with two attached hydrogens (primary N) is 1. The van der Waals surface area contributed by atoms with Crippen molar-refractivity contribution in [2.24, 2.45) is 24.6 Å². The van der Waals surface area contributed by atoms with Crippen LogP contribution in [0.1, 0.15) is 61.0 Å². The Labute approximate surface area is 203 Å². The summed E-state index contributed by atoms with van der Waals surface area (Å²) in [6.07, 6.45) is 14.3. The number of rotatable bonds is 9. The van der Waals surface area contributed by atoms with Crippen LogP contribution in [0.4, 0.5) is 5.95 Å². The average Bonchev–Trinajstić information content (AvgIpc) is 3.18. The highest BCUT2D eigenvalue weighted by Gasteiger charge is 2.38. The molecule has 0 spiro atoms. The Morgan fingerprint density at radius 1 is 1.24 bits per heavy atom. The van der Waals surface area contributed by atoms with Gasteiger partial charge in [0.25, 0.3) is 0 Å². The van der Waals surface area contributed by atoms with Crippen molar-refractivity contribution in [1.82, 2.24) is 29.9 Å². The minimum absolute atomic E-state index is 0.147. The van der Waals surface area contributed by atoms with E-state index in [1.165, 1.54) is 0 Å². The smallest absolute Gasteiger partial charge is 0.223 e. The summed E-state index contributed by atoms with van der Waals surface area (Å²) in [6, 6.07) is 0.631. The highest BCUT2D eigenvalue weighted by Crippen LogP contribution is 2.45. The Kier molecular flexibility index (Phi) is 6.65. The van der Waals surface area contributed by atoms with E-state index in [9.17, 15) is 4.79 Å². The molecule has 2 fully saturated rings. The molecule has 3 aromatic heterocycles. The predicted molar refractivity (Wildman–Crippen MR) is 131 cm³/mol. The molecule has 0 radical (unpaired) electrons. The van der Waals surface area contributed by atoms with Crippen molar-refractivity contribution in [2.75, 3.05) is 5.32 Å². The molecule has 2 atom stereocenters. The van der Waals surface area contributed by atoms with Crippen LogP contribution in [-0.2, 0) is 13.5 Å². The number of aromatic nitrogens is 6. The predicted octanol–water partition coefficient (Wildman–Crippen LogP) is 3.78. The van der Waals surface area contributed by atoms with Crippen molar-refractivity contribution in [3.8, 4) is 11.3 Å². The Morgan fingerprint density at radius 3 is 2.82 bits per heavy atom. The van der Waals surface area contributed by atoms with E-state index in [0.29, 0.717) is 52.6 Å². The number of ketones is 1. The maximum Gasteiger partial charge on any atom is 0.223 e. The highest BCUT2D eigenvalue weighted by molar-refractivity contribution is 6.32. The number of carbonyl (C=O) groups excluding carboxylic acids is 1. The summed E-state index contributed by atoms with van der Waals surface area (Å²) in [4.78, 5) is 21.5. The molecule has 2 aliphatic rings. The van der Waals surface area contributed by atoms with E-state index in [0.717, 1.165) is 56.2 Å². The Balaban J connectivity index is 1.24. The van der Waals surface area contributed by atoms with Crippen molar-refractivity contribution < 1.29 is 4.79 Å². The van der Waals surface area contributed by atoms with Crippen molar-refractivity contribution in [1.29, 1.82) is 0 Å². The van der Waals surface area contributed by atoms with E-state index in [1.807, 2.05) is 17.9 Å². The summed E-state index contributed by atoms with van der Waals surface area (Å²) in [7, 11) is 1.96. The lowest BCUT2D eigenvalue weighted by Gasteiger charge is -2.26. The van der Waals surface area contributed by atoms with E-state index in [-0.39, 0.29) is 5.78 Å². The number of aromatic amines is 1. The standard InChI is InChI=1S/C24H31ClN8O/c1-33-21(9-15-8-14(15)2-7-22(34)16-10-28-29-11-16)19(12-30-33)23-20(25)13-27-24(32-23)31-18-5-3-17(26)4-6-18/h10-15,17-18H,2-9,26H2,1H3,(H,28,29)(H,27,31,32). The monoisotopic (exact) mass is 482 g/mol. The lowest BCUT2D eigenvalue weighted by molar-refractivity contribution is 0.0977. The van der Waals surface area contributed by atoms with Crippen LogP contribution in [-0.4, -0.2) is 47.8 Å². The van der Waals surface area contributed by atoms with Crippen LogP contribution in [0.25, 0.3) is 11.3 Å². The van der Waals surface area contributed by atoms with Gasteiger partial charge in [0.1, 0.15) is 0 Å². The minimum Gasteiger partial charge on any atom is -0.351 e. The molecule has 3 heterocycles. The molecule has 180 valence electrons. The summed E-state index contributed by atoms with van der Waals surface area (Å²) in [5.74, 6) is 1.83. The van der Waals surface area contributed by atoms with Crippen LogP contribution in [0, 0.1) is 11.8 Å². The SMILES string of the molecule is Cn1ncc(-c2nc(NC3CCC(N)CC3)ncc2Cl)c1CC1CC1CCC(=O)c1cn[nH]c1. The first kappa shape index (κ1) is 23.0. The third-order valence-electron chi connectivity index (χ3n) is 7.25. The lowest BCUT2D eigenvalue weighted by atomic mass is 9.92. The molecule has 0 aromatic carbocycles. The summed E-state index contributed by atoms with van der Waals surface area (Å²) in [5, 5.41) is 15.0. The molecular formula is C24H31ClN8O. The van der Waals surface area contributed by atoms with Gasteiger partial charge in [0.05, 0.1) is 34.9 Å². The zero-order chi connectivity index (χ0) is 23.7. The number of aryl methyl sites for hydroxylation is 1. The zero-order valence-corrected chi connectivity index (χ0v) is 20.1. The first-order chi connectivity index (χ1) is 16.5. The van der Waals surface area contributed by atoms with Crippen molar-refractivity contribution in [3.63, 3.8) is 0 Å². The quantitative estimate of drug-likeness (QED) is 0.396. The van der Waals surface area contributed by atoms with Gasteiger partial charge < -0.3 is 11.1 Å². The molecule has 5 rings (SSSR count). The topological polar surface area (TPSA) is 127 Å². The molecule has 2 saturated carbocycles. The fourth-order valence-electron chi connectivity index (χ4n) is 5.00. The molecule has 10 heteroatoms. The second-order valence-corrected chi connectivity index (χ2v) is 10.1. The van der Waals surface area contributed by atoms with Crippen LogP contribution in [0.5, 0.6) is 0 Å². The summed E-state index contributed by atoms with van der Waals surface area (Å²) >= 11 is 6.54. The zero-order valence-electron chi connectivity index (χ0n) is 19.4. The third kappa shape index (κ3) is 5.15. The van der Waals surface area contributed by atoms with Crippen molar-refractivity contribution in [3.05, 3.63) is 41.1 Å². The van der Waals surface area contributed by atoms with Crippen LogP contribution < -0.4 is 11.1 Å². The Bertz CT molecular complexity index is 1140. The third-order valence-corrected chi connectivity index (χ3v) is 7.53. The first-order valence-electron chi connectivity index (χ1n) is 12.1. The molecular weight excluding hydrogens is 452 g/mol. The summed E-state index contributed by atoms with van der Waals surface area (Å²) in [6.45, 7) is 0. The summed E-state index contributed by atoms with van der Waals surface area (Å²) < 4.78 is 1.91. The maximum atomic E-state index is 12.3. The van der Waals surface area contributed by atoms with Crippen LogP contribution in [0.3, 0.4) is 0 Å². The van der Waals surface area contributed by atoms with E-state index in [4.69, 9.17) is 22.3 Å². The molecule has 0 saturated heterocycles. The van der Waals surface area contributed by atoms with Gasteiger partial charge in [-0.2, -0.15) is 10.2 Å². The molecule has 3 aromatic rings. The number of Topliss-reactive ketones (excluding diaryl/α,β-unsaturated/α-hetero) is 1. The van der Waals surface area contributed by atoms with Gasteiger partial charge in [0, 0.05) is 43.0 Å². The van der Waals surface area contributed by atoms with E-state index in [2.05, 4.69) is 25.6 Å². The number of H-pyrrole nitrogens is 1. The van der Waals surface area contributed by atoms with Gasteiger partial charge in [-0.05, 0) is 56.8 Å². The number of nitrogens with zero attached hydrogens (tertiary/aromatic N) is 5. The highest BCUT2D eigenvalue weighted by atomic mass is 35.5. The average molecular weight is 483 g/mol. The molecule has 0 amide bonds. The van der Waals surface area contributed by atoms with Gasteiger partial charge in [-0.3, -0.25) is 14.6 Å². The van der Waals surface area contributed by atoms with Gasteiger partial charge >= 0.3 is 0 Å². The van der Waals surface area contributed by atoms with Gasteiger partial charge in [-0.15, -0.1) is 0 Å². The number of hydrogen-bond acceptors (Lipinski definition) is 7. The van der Waals surface area contributed by atoms with Gasteiger partial charge in [-0.1, -0.05) is 11.6 Å². The molecule has 2 aliphatic carbocycles. The minimum atomic E-state index is 0.147. The van der Waals surface area contributed by atoms with Gasteiger partial charge in [0.2, 0.25) is 5.95 Å². The molecule has 9 nitrogen and oxygen atoms in total. The fourth-order valence-corrected chi connectivity index (χ4v) is 5.19. The number of anilines is 1. The van der Waals surface area contributed by atoms with Crippen LogP contribution >= 0.6 is 11.6 Å². The summed E-state index contributed by atoms with van der Waals surface area (Å²) in [5.41, 5.74) is 9.46. The molecule has 2 unspecified atom stereocenters. The molecule has 0 bridgehead atoms. The second kappa shape index (κ2) is 9.84. The number of carbonyl (C=O) groups is 1. The molecule has 0 aliphatic heterocycles. The number of nitrogens with one attached hydrogen (secondary N) is 2. The van der Waals surface area contributed by atoms with Crippen molar-refractivity contribution >= 4 is 23.3 Å². The number of halogens is 1. The lowest BCUT2D eigenvalue weighted by Crippen LogP contribution is -2.33. The van der Waals surface area contributed by atoms with E-state index in [1.54, 1.807) is 18.6 Å². The van der Waals surface area contributed by atoms with E-state index >= 15 is 0 Å². The van der Waals surface area contributed by atoms with Crippen LogP contribution in [0.2, 0.25) is 5.02 Å². The first-order valence-corrected chi connectivity index (χ1v) is 12.4. The van der Waals surface area contributed by atoms with E-state index < -0.39 is 0 Å². The Hall–Kier alpha value is -2.78. The number of hydrogen-bond donors (Lipinski definition) is 3. The second-order valence-electron chi connectivity index (χ2n) is 9.68.